The van der Waals surface area contributed by atoms with E-state index >= 15 is 0 Å². The first-order chi connectivity index (χ1) is 8.16. The monoisotopic (exact) mass is 296 g/mol. The summed E-state index contributed by atoms with van der Waals surface area (Å²) in [4.78, 5) is 11.5. The smallest absolute Gasteiger partial charge is 0.136 e. The highest BCUT2D eigenvalue weighted by atomic mass is 79.9. The standard InChI is InChI=1S/C14H17BrO2/c1-10-5-6-12(15)9-14(10)17-8-7-11-3-2-4-13(11)16/h5-6,9,11H,2-4,7-8H2,1H3. The second-order valence-electron chi connectivity index (χ2n) is 4.60. The lowest BCUT2D eigenvalue weighted by molar-refractivity contribution is -0.121. The van der Waals surface area contributed by atoms with E-state index < -0.39 is 0 Å². The van der Waals surface area contributed by atoms with Crippen molar-refractivity contribution in [3.63, 3.8) is 0 Å². The first-order valence-corrected chi connectivity index (χ1v) is 6.88. The summed E-state index contributed by atoms with van der Waals surface area (Å²) in [5, 5.41) is 0. The van der Waals surface area contributed by atoms with Crippen LogP contribution in [-0.2, 0) is 4.79 Å². The van der Waals surface area contributed by atoms with Gasteiger partial charge in [0.2, 0.25) is 0 Å². The van der Waals surface area contributed by atoms with E-state index in [1.54, 1.807) is 0 Å². The number of hydrogen-bond acceptors (Lipinski definition) is 2. The van der Waals surface area contributed by atoms with Crippen LogP contribution < -0.4 is 4.74 Å². The first kappa shape index (κ1) is 12.6. The Balaban J connectivity index is 1.85. The molecule has 1 aromatic rings. The average molecular weight is 297 g/mol. The van der Waals surface area contributed by atoms with Gasteiger partial charge in [-0.05, 0) is 43.9 Å². The van der Waals surface area contributed by atoms with Crippen LogP contribution in [0, 0.1) is 12.8 Å². The summed E-state index contributed by atoms with van der Waals surface area (Å²) in [5.74, 6) is 1.56. The molecule has 1 fully saturated rings. The molecule has 1 aliphatic rings. The molecule has 0 radical (unpaired) electrons. The molecule has 1 atom stereocenters. The third-order valence-corrected chi connectivity index (χ3v) is 3.80. The van der Waals surface area contributed by atoms with Gasteiger partial charge in [0.05, 0.1) is 6.61 Å². The van der Waals surface area contributed by atoms with E-state index in [-0.39, 0.29) is 5.92 Å². The number of carbonyl (C=O) groups excluding carboxylic acids is 1. The molecular formula is C14H17BrO2. The Kier molecular flexibility index (Phi) is 4.21. The molecule has 0 saturated heterocycles. The SMILES string of the molecule is Cc1ccc(Br)cc1OCCC1CCCC1=O. The molecule has 0 heterocycles. The van der Waals surface area contributed by atoms with Crippen molar-refractivity contribution in [2.45, 2.75) is 32.6 Å². The van der Waals surface area contributed by atoms with Gasteiger partial charge in [0.25, 0.3) is 0 Å². The third-order valence-electron chi connectivity index (χ3n) is 3.31. The van der Waals surface area contributed by atoms with Crippen molar-refractivity contribution in [2.75, 3.05) is 6.61 Å². The molecular weight excluding hydrogens is 280 g/mol. The Hall–Kier alpha value is -0.830. The highest BCUT2D eigenvalue weighted by Crippen LogP contribution is 2.26. The molecule has 0 aromatic heterocycles. The number of halogens is 1. The summed E-state index contributed by atoms with van der Waals surface area (Å²) in [6.45, 7) is 2.66. The van der Waals surface area contributed by atoms with E-state index in [2.05, 4.69) is 15.9 Å². The Labute approximate surface area is 110 Å². The minimum absolute atomic E-state index is 0.238. The van der Waals surface area contributed by atoms with E-state index in [1.807, 2.05) is 25.1 Å². The topological polar surface area (TPSA) is 26.3 Å². The summed E-state index contributed by atoms with van der Waals surface area (Å²) in [5.41, 5.74) is 1.13. The molecule has 1 aliphatic carbocycles. The van der Waals surface area contributed by atoms with Crippen LogP contribution >= 0.6 is 15.9 Å². The second-order valence-corrected chi connectivity index (χ2v) is 5.52. The predicted octanol–water partition coefficient (Wildman–Crippen LogP) is 3.90. The molecule has 17 heavy (non-hydrogen) atoms. The molecule has 0 amide bonds. The minimum atomic E-state index is 0.238. The molecule has 0 aliphatic heterocycles. The molecule has 1 aromatic carbocycles. The molecule has 2 nitrogen and oxygen atoms in total. The highest BCUT2D eigenvalue weighted by Gasteiger charge is 2.23. The Morgan fingerprint density at radius 1 is 1.47 bits per heavy atom. The zero-order valence-electron chi connectivity index (χ0n) is 10.0. The molecule has 0 bridgehead atoms. The van der Waals surface area contributed by atoms with Crippen LogP contribution in [0.5, 0.6) is 5.75 Å². The fourth-order valence-electron chi connectivity index (χ4n) is 2.23. The number of rotatable bonds is 4. The van der Waals surface area contributed by atoms with Gasteiger partial charge in [-0.1, -0.05) is 22.0 Å². The van der Waals surface area contributed by atoms with Crippen molar-refractivity contribution in [3.8, 4) is 5.75 Å². The van der Waals surface area contributed by atoms with Crippen molar-refractivity contribution in [2.24, 2.45) is 5.92 Å². The van der Waals surface area contributed by atoms with Crippen molar-refractivity contribution >= 4 is 21.7 Å². The lowest BCUT2D eigenvalue weighted by Crippen LogP contribution is -2.11. The van der Waals surface area contributed by atoms with E-state index in [0.717, 1.165) is 41.5 Å². The summed E-state index contributed by atoms with van der Waals surface area (Å²) in [6, 6.07) is 6.01. The predicted molar refractivity (Wildman–Crippen MR) is 71.3 cm³/mol. The molecule has 1 unspecified atom stereocenters. The lowest BCUT2D eigenvalue weighted by atomic mass is 10.0. The number of carbonyl (C=O) groups is 1. The van der Waals surface area contributed by atoms with Crippen LogP contribution in [0.15, 0.2) is 22.7 Å². The first-order valence-electron chi connectivity index (χ1n) is 6.08. The van der Waals surface area contributed by atoms with Crippen LogP contribution in [-0.4, -0.2) is 12.4 Å². The minimum Gasteiger partial charge on any atom is -0.493 e. The number of hydrogen-bond donors (Lipinski definition) is 0. The van der Waals surface area contributed by atoms with Crippen molar-refractivity contribution in [3.05, 3.63) is 28.2 Å². The molecule has 92 valence electrons. The summed E-state index contributed by atoms with van der Waals surface area (Å²) >= 11 is 3.43. The van der Waals surface area contributed by atoms with E-state index in [4.69, 9.17) is 4.74 Å². The fraction of sp³-hybridized carbons (Fsp3) is 0.500. The Morgan fingerprint density at radius 3 is 3.00 bits per heavy atom. The van der Waals surface area contributed by atoms with Crippen LogP contribution in [0.4, 0.5) is 0 Å². The van der Waals surface area contributed by atoms with E-state index in [1.165, 1.54) is 0 Å². The Bertz CT molecular complexity index is 415. The summed E-state index contributed by atoms with van der Waals surface area (Å²) in [7, 11) is 0. The molecule has 3 heteroatoms. The molecule has 2 rings (SSSR count). The fourth-order valence-corrected chi connectivity index (χ4v) is 2.57. The van der Waals surface area contributed by atoms with E-state index in [9.17, 15) is 4.79 Å². The molecule has 0 spiro atoms. The average Bonchev–Trinajstić information content (AvgIpc) is 2.70. The van der Waals surface area contributed by atoms with Crippen LogP contribution in [0.3, 0.4) is 0 Å². The van der Waals surface area contributed by atoms with E-state index in [0.29, 0.717) is 12.4 Å². The van der Waals surface area contributed by atoms with Gasteiger partial charge in [0.15, 0.2) is 0 Å². The maximum absolute atomic E-state index is 11.5. The summed E-state index contributed by atoms with van der Waals surface area (Å²) < 4.78 is 6.77. The van der Waals surface area contributed by atoms with Gasteiger partial charge >= 0.3 is 0 Å². The number of benzene rings is 1. The second kappa shape index (κ2) is 5.67. The van der Waals surface area contributed by atoms with Crippen molar-refractivity contribution < 1.29 is 9.53 Å². The van der Waals surface area contributed by atoms with Crippen molar-refractivity contribution in [1.82, 2.24) is 0 Å². The number of aryl methyl sites for hydroxylation is 1. The quantitative estimate of drug-likeness (QED) is 0.842. The van der Waals surface area contributed by atoms with Gasteiger partial charge in [-0.15, -0.1) is 0 Å². The molecule has 1 saturated carbocycles. The lowest BCUT2D eigenvalue weighted by Gasteiger charge is -2.11. The van der Waals surface area contributed by atoms with Gasteiger partial charge in [0, 0.05) is 16.8 Å². The van der Waals surface area contributed by atoms with Gasteiger partial charge in [-0.25, -0.2) is 0 Å². The van der Waals surface area contributed by atoms with Crippen molar-refractivity contribution in [1.29, 1.82) is 0 Å². The Morgan fingerprint density at radius 2 is 2.29 bits per heavy atom. The van der Waals surface area contributed by atoms with Gasteiger partial charge in [-0.3, -0.25) is 4.79 Å². The number of ketones is 1. The number of ether oxygens (including phenoxy) is 1. The third kappa shape index (κ3) is 3.32. The number of Topliss-reactive ketones (excluding diaryl/α,β-unsaturated/α-hetero) is 1. The largest absolute Gasteiger partial charge is 0.493 e. The van der Waals surface area contributed by atoms with Gasteiger partial charge < -0.3 is 4.74 Å². The van der Waals surface area contributed by atoms with Crippen LogP contribution in [0.2, 0.25) is 0 Å². The van der Waals surface area contributed by atoms with Crippen LogP contribution in [0.1, 0.15) is 31.2 Å². The highest BCUT2D eigenvalue weighted by molar-refractivity contribution is 9.10. The van der Waals surface area contributed by atoms with Gasteiger partial charge in [0.1, 0.15) is 11.5 Å². The maximum Gasteiger partial charge on any atom is 0.136 e. The normalized spacial score (nSPS) is 19.6. The zero-order valence-corrected chi connectivity index (χ0v) is 11.6. The zero-order chi connectivity index (χ0) is 12.3. The van der Waals surface area contributed by atoms with Crippen LogP contribution in [0.25, 0.3) is 0 Å². The summed E-state index contributed by atoms with van der Waals surface area (Å²) in [6.07, 6.45) is 3.71. The molecule has 0 N–H and O–H groups in total. The maximum atomic E-state index is 11.5. The van der Waals surface area contributed by atoms with Gasteiger partial charge in [-0.2, -0.15) is 0 Å².